The maximum Gasteiger partial charge on any atom is 0.222 e. The zero-order chi connectivity index (χ0) is 16.6. The molecule has 1 heterocycles. The van der Waals surface area contributed by atoms with Crippen molar-refractivity contribution in [1.29, 1.82) is 0 Å². The zero-order valence-corrected chi connectivity index (χ0v) is 13.8. The summed E-state index contributed by atoms with van der Waals surface area (Å²) in [5.41, 5.74) is 11.7. The molecular weight excluding hydrogens is 288 g/mol. The van der Waals surface area contributed by atoms with Crippen LogP contribution in [0.3, 0.4) is 0 Å². The first-order valence-corrected chi connectivity index (χ1v) is 8.00. The van der Waals surface area contributed by atoms with Crippen molar-refractivity contribution < 1.29 is 4.79 Å². The molecule has 5 heteroatoms. The van der Waals surface area contributed by atoms with Crippen LogP contribution in [0.2, 0.25) is 0 Å². The van der Waals surface area contributed by atoms with E-state index in [4.69, 9.17) is 15.7 Å². The fourth-order valence-electron chi connectivity index (χ4n) is 3.00. The van der Waals surface area contributed by atoms with Gasteiger partial charge in [0.05, 0.1) is 17.1 Å². The molecule has 0 unspecified atom stereocenters. The molecule has 0 fully saturated rings. The molecule has 0 atom stereocenters. The SMILES string of the molecule is CC(=O)Nc1nc2c(nc1CC(C)C)-c1ccc(N)cc1CC2. The Morgan fingerprint density at radius 1 is 1.30 bits per heavy atom. The molecule has 3 N–H and O–H groups in total. The predicted molar refractivity (Wildman–Crippen MR) is 92.1 cm³/mol. The second-order valence-corrected chi connectivity index (χ2v) is 6.51. The third-order valence-electron chi connectivity index (χ3n) is 3.95. The average molecular weight is 310 g/mol. The average Bonchev–Trinajstić information content (AvgIpc) is 2.46. The molecule has 1 aliphatic carbocycles. The smallest absolute Gasteiger partial charge is 0.222 e. The van der Waals surface area contributed by atoms with Crippen molar-refractivity contribution in [3.05, 3.63) is 35.2 Å². The first-order chi connectivity index (χ1) is 10.9. The Labute approximate surface area is 136 Å². The number of carbonyl (C=O) groups excluding carboxylic acids is 1. The number of aryl methyl sites for hydroxylation is 2. The molecule has 0 aliphatic heterocycles. The van der Waals surface area contributed by atoms with Gasteiger partial charge in [-0.3, -0.25) is 4.79 Å². The van der Waals surface area contributed by atoms with Crippen molar-refractivity contribution in [3.8, 4) is 11.3 Å². The number of benzene rings is 1. The third-order valence-corrected chi connectivity index (χ3v) is 3.95. The summed E-state index contributed by atoms with van der Waals surface area (Å²) in [6, 6.07) is 5.94. The van der Waals surface area contributed by atoms with E-state index < -0.39 is 0 Å². The van der Waals surface area contributed by atoms with Crippen LogP contribution in [0.25, 0.3) is 11.3 Å². The molecule has 1 amide bonds. The second-order valence-electron chi connectivity index (χ2n) is 6.51. The quantitative estimate of drug-likeness (QED) is 0.854. The number of aromatic nitrogens is 2. The molecule has 0 radical (unpaired) electrons. The summed E-state index contributed by atoms with van der Waals surface area (Å²) in [6.45, 7) is 5.76. The highest BCUT2D eigenvalue weighted by atomic mass is 16.1. The number of carbonyl (C=O) groups is 1. The normalized spacial score (nSPS) is 12.7. The highest BCUT2D eigenvalue weighted by Crippen LogP contribution is 2.34. The highest BCUT2D eigenvalue weighted by molar-refractivity contribution is 5.88. The molecule has 1 aromatic heterocycles. The fraction of sp³-hybridized carbons (Fsp3) is 0.389. The van der Waals surface area contributed by atoms with Crippen LogP contribution in [0.15, 0.2) is 18.2 Å². The lowest BCUT2D eigenvalue weighted by Gasteiger charge is -2.21. The van der Waals surface area contributed by atoms with Gasteiger partial charge in [0.1, 0.15) is 0 Å². The van der Waals surface area contributed by atoms with Gasteiger partial charge in [0.25, 0.3) is 0 Å². The lowest BCUT2D eigenvalue weighted by molar-refractivity contribution is -0.114. The number of rotatable bonds is 3. The van der Waals surface area contributed by atoms with Crippen molar-refractivity contribution in [1.82, 2.24) is 9.97 Å². The van der Waals surface area contributed by atoms with Crippen LogP contribution in [0.5, 0.6) is 0 Å². The van der Waals surface area contributed by atoms with Gasteiger partial charge in [0.2, 0.25) is 5.91 Å². The monoisotopic (exact) mass is 310 g/mol. The van der Waals surface area contributed by atoms with Crippen molar-refractivity contribution in [2.45, 2.75) is 40.0 Å². The first-order valence-electron chi connectivity index (χ1n) is 8.00. The summed E-state index contributed by atoms with van der Waals surface area (Å²) < 4.78 is 0. The largest absolute Gasteiger partial charge is 0.399 e. The number of nitrogen functional groups attached to an aromatic ring is 1. The van der Waals surface area contributed by atoms with Gasteiger partial charge in [-0.25, -0.2) is 9.97 Å². The summed E-state index contributed by atoms with van der Waals surface area (Å²) >= 11 is 0. The highest BCUT2D eigenvalue weighted by Gasteiger charge is 2.22. The van der Waals surface area contributed by atoms with E-state index >= 15 is 0 Å². The van der Waals surface area contributed by atoms with E-state index in [1.165, 1.54) is 12.5 Å². The van der Waals surface area contributed by atoms with Crippen LogP contribution in [-0.2, 0) is 24.1 Å². The minimum atomic E-state index is -0.117. The molecule has 5 nitrogen and oxygen atoms in total. The fourth-order valence-corrected chi connectivity index (χ4v) is 3.00. The van der Waals surface area contributed by atoms with E-state index in [9.17, 15) is 4.79 Å². The third kappa shape index (κ3) is 3.18. The van der Waals surface area contributed by atoms with Crippen molar-refractivity contribution in [2.24, 2.45) is 5.92 Å². The summed E-state index contributed by atoms with van der Waals surface area (Å²) in [7, 11) is 0. The Kier molecular flexibility index (Phi) is 4.03. The molecule has 0 saturated carbocycles. The Morgan fingerprint density at radius 2 is 2.09 bits per heavy atom. The minimum Gasteiger partial charge on any atom is -0.399 e. The minimum absolute atomic E-state index is 0.117. The van der Waals surface area contributed by atoms with E-state index in [1.54, 1.807) is 0 Å². The summed E-state index contributed by atoms with van der Waals surface area (Å²) in [5.74, 6) is 0.918. The van der Waals surface area contributed by atoms with Crippen LogP contribution in [0.4, 0.5) is 11.5 Å². The number of hydrogen-bond donors (Lipinski definition) is 2. The lowest BCUT2D eigenvalue weighted by Crippen LogP contribution is -2.17. The van der Waals surface area contributed by atoms with Gasteiger partial charge in [-0.15, -0.1) is 0 Å². The maximum atomic E-state index is 11.5. The van der Waals surface area contributed by atoms with E-state index in [1.807, 2.05) is 18.2 Å². The summed E-state index contributed by atoms with van der Waals surface area (Å²) in [4.78, 5) is 21.0. The van der Waals surface area contributed by atoms with Crippen LogP contribution in [-0.4, -0.2) is 15.9 Å². The Morgan fingerprint density at radius 3 is 2.78 bits per heavy atom. The van der Waals surface area contributed by atoms with Gasteiger partial charge in [-0.2, -0.15) is 0 Å². The number of nitrogens with two attached hydrogens (primary N) is 1. The topological polar surface area (TPSA) is 80.9 Å². The molecule has 0 bridgehead atoms. The molecule has 23 heavy (non-hydrogen) atoms. The van der Waals surface area contributed by atoms with E-state index in [2.05, 4.69) is 19.2 Å². The Hall–Kier alpha value is -2.43. The number of nitrogens with one attached hydrogen (secondary N) is 1. The van der Waals surface area contributed by atoms with Crippen LogP contribution in [0, 0.1) is 5.92 Å². The molecule has 1 aromatic carbocycles. The molecule has 0 spiro atoms. The molecule has 2 aromatic rings. The second kappa shape index (κ2) is 5.99. The van der Waals surface area contributed by atoms with Crippen molar-refractivity contribution in [2.75, 3.05) is 11.1 Å². The van der Waals surface area contributed by atoms with Gasteiger partial charge in [0.15, 0.2) is 5.82 Å². The number of fused-ring (bicyclic) bond motifs is 3. The number of nitrogens with zero attached hydrogens (tertiary/aromatic N) is 2. The number of hydrogen-bond acceptors (Lipinski definition) is 4. The zero-order valence-electron chi connectivity index (χ0n) is 13.8. The van der Waals surface area contributed by atoms with E-state index in [-0.39, 0.29) is 5.91 Å². The van der Waals surface area contributed by atoms with Crippen LogP contribution < -0.4 is 11.1 Å². The molecule has 3 rings (SSSR count). The summed E-state index contributed by atoms with van der Waals surface area (Å²) in [6.07, 6.45) is 2.48. The van der Waals surface area contributed by atoms with Gasteiger partial charge in [0, 0.05) is 18.2 Å². The van der Waals surface area contributed by atoms with Gasteiger partial charge in [-0.05, 0) is 42.9 Å². The maximum absolute atomic E-state index is 11.5. The molecule has 1 aliphatic rings. The van der Waals surface area contributed by atoms with E-state index in [0.29, 0.717) is 11.7 Å². The van der Waals surface area contributed by atoms with Crippen LogP contribution >= 0.6 is 0 Å². The predicted octanol–water partition coefficient (Wildman–Crippen LogP) is 2.98. The Balaban J connectivity index is 2.12. The first kappa shape index (κ1) is 15.5. The number of anilines is 2. The van der Waals surface area contributed by atoms with Crippen molar-refractivity contribution in [3.63, 3.8) is 0 Å². The molecule has 120 valence electrons. The van der Waals surface area contributed by atoms with Gasteiger partial charge < -0.3 is 11.1 Å². The van der Waals surface area contributed by atoms with Gasteiger partial charge in [-0.1, -0.05) is 19.9 Å². The number of amides is 1. The Bertz CT molecular complexity index is 768. The standard InChI is InChI=1S/C18H22N4O/c1-10(2)8-16-18(20-11(3)23)22-15-7-4-12-9-13(19)5-6-14(12)17(15)21-16/h5-6,9-10H,4,7-8,19H2,1-3H3,(H,20,22,23). The van der Waals surface area contributed by atoms with Crippen LogP contribution in [0.1, 0.15) is 37.7 Å². The van der Waals surface area contributed by atoms with E-state index in [0.717, 1.165) is 47.6 Å². The molecule has 0 saturated heterocycles. The molecular formula is C18H22N4O. The van der Waals surface area contributed by atoms with Gasteiger partial charge >= 0.3 is 0 Å². The lowest BCUT2D eigenvalue weighted by atomic mass is 9.91. The summed E-state index contributed by atoms with van der Waals surface area (Å²) in [5, 5.41) is 2.83. The van der Waals surface area contributed by atoms with Crippen molar-refractivity contribution >= 4 is 17.4 Å².